The Labute approximate surface area is 247 Å². The van der Waals surface area contributed by atoms with Crippen molar-refractivity contribution in [2.24, 2.45) is 11.7 Å². The van der Waals surface area contributed by atoms with Crippen molar-refractivity contribution in [3.05, 3.63) is 59.2 Å². The van der Waals surface area contributed by atoms with Crippen molar-refractivity contribution in [2.45, 2.75) is 57.6 Å². The number of hydrogen-bond acceptors (Lipinski definition) is 8. The third kappa shape index (κ3) is 9.50. The molecule has 4 N–H and O–H groups in total. The second kappa shape index (κ2) is 15.8. The van der Waals surface area contributed by atoms with E-state index in [1.165, 1.54) is 16.7 Å². The molecule has 1 fully saturated rings. The van der Waals surface area contributed by atoms with E-state index in [-0.39, 0.29) is 61.8 Å². The molecule has 1 aliphatic rings. The quantitative estimate of drug-likeness (QED) is 0.244. The van der Waals surface area contributed by atoms with E-state index in [1.54, 1.807) is 25.3 Å². The molecule has 1 aromatic heterocycles. The van der Waals surface area contributed by atoms with Gasteiger partial charge in [0.05, 0.1) is 30.7 Å². The van der Waals surface area contributed by atoms with Crippen LogP contribution < -0.4 is 16.4 Å². The number of pyridine rings is 1. The molecule has 3 rings (SSSR count). The number of nitrogens with one attached hydrogen (secondary N) is 2. The van der Waals surface area contributed by atoms with Crippen LogP contribution in [0.4, 0.5) is 18.9 Å². The third-order valence-electron chi connectivity index (χ3n) is 6.24. The van der Waals surface area contributed by atoms with Crippen molar-refractivity contribution in [3.63, 3.8) is 0 Å². The third-order valence-corrected chi connectivity index (χ3v) is 7.44. The monoisotopic (exact) mass is 617 g/mol. The van der Waals surface area contributed by atoms with Crippen molar-refractivity contribution >= 4 is 47.6 Å². The lowest BCUT2D eigenvalue weighted by Crippen LogP contribution is -2.46. The van der Waals surface area contributed by atoms with Gasteiger partial charge in [-0.05, 0) is 43.0 Å². The molecule has 0 bridgehead atoms. The number of carbonyl (C=O) groups is 3. The van der Waals surface area contributed by atoms with Crippen molar-refractivity contribution in [3.8, 4) is 0 Å². The van der Waals surface area contributed by atoms with Crippen LogP contribution in [0.5, 0.6) is 0 Å². The van der Waals surface area contributed by atoms with E-state index in [4.69, 9.17) is 10.5 Å². The van der Waals surface area contributed by atoms with E-state index in [1.807, 2.05) is 13.8 Å². The van der Waals surface area contributed by atoms with Gasteiger partial charge in [0.25, 0.3) is 5.91 Å². The van der Waals surface area contributed by atoms with Crippen molar-refractivity contribution in [2.75, 3.05) is 24.2 Å². The Morgan fingerprint density at radius 2 is 1.88 bits per heavy atom. The normalized spacial score (nSPS) is 16.1. The van der Waals surface area contributed by atoms with E-state index in [9.17, 15) is 27.6 Å². The molecule has 0 aliphatic carbocycles. The van der Waals surface area contributed by atoms with Crippen molar-refractivity contribution in [1.29, 1.82) is 0 Å². The highest BCUT2D eigenvalue weighted by molar-refractivity contribution is 8.00. The molecule has 0 saturated carbocycles. The highest BCUT2D eigenvalue weighted by Crippen LogP contribution is 2.25. The fourth-order valence-electron chi connectivity index (χ4n) is 4.15. The van der Waals surface area contributed by atoms with Gasteiger partial charge in [0.2, 0.25) is 5.91 Å². The summed E-state index contributed by atoms with van der Waals surface area (Å²) in [6.07, 6.45) is 1.20. The van der Waals surface area contributed by atoms with Gasteiger partial charge in [0.15, 0.2) is 17.0 Å². The predicted molar refractivity (Wildman–Crippen MR) is 153 cm³/mol. The molecular weight excluding hydrogens is 583 g/mol. The Bertz CT molecular complexity index is 1210. The largest absolute Gasteiger partial charge is 0.464 e. The van der Waals surface area contributed by atoms with Gasteiger partial charge in [-0.15, -0.1) is 24.2 Å². The van der Waals surface area contributed by atoms with E-state index < -0.39 is 40.8 Å². The number of aromatic nitrogens is 1. The van der Waals surface area contributed by atoms with Crippen LogP contribution in [-0.4, -0.2) is 64.0 Å². The van der Waals surface area contributed by atoms with Crippen LogP contribution in [0.25, 0.3) is 0 Å². The molecule has 41 heavy (non-hydrogen) atoms. The van der Waals surface area contributed by atoms with E-state index in [0.29, 0.717) is 29.7 Å². The van der Waals surface area contributed by atoms with Gasteiger partial charge in [0.1, 0.15) is 11.9 Å². The predicted octanol–water partition coefficient (Wildman–Crippen LogP) is 3.40. The first-order valence-corrected chi connectivity index (χ1v) is 14.0. The highest BCUT2D eigenvalue weighted by atomic mass is 35.5. The summed E-state index contributed by atoms with van der Waals surface area (Å²) in [6.45, 7) is 6.30. The maximum absolute atomic E-state index is 14.0. The first-order chi connectivity index (χ1) is 19.0. The number of nitrogens with zero attached hydrogens (tertiary/aromatic N) is 2. The summed E-state index contributed by atoms with van der Waals surface area (Å²) in [5.41, 5.74) is 7.08. The number of benzene rings is 1. The molecule has 0 radical (unpaired) electrons. The number of esters is 1. The average Bonchev–Trinajstić information content (AvgIpc) is 3.40. The lowest BCUT2D eigenvalue weighted by Gasteiger charge is -2.24. The first-order valence-electron chi connectivity index (χ1n) is 13.0. The number of nitrogens with two attached hydrogens (primary N) is 1. The molecule has 14 heteroatoms. The Hall–Kier alpha value is -3.03. The number of thioether (sulfide) groups is 1. The zero-order valence-electron chi connectivity index (χ0n) is 23.0. The second-order valence-corrected chi connectivity index (χ2v) is 10.9. The van der Waals surface area contributed by atoms with Gasteiger partial charge >= 0.3 is 5.97 Å². The van der Waals surface area contributed by atoms with Crippen LogP contribution in [0, 0.1) is 23.4 Å². The molecule has 1 aromatic carbocycles. The topological polar surface area (TPSA) is 127 Å². The Kier molecular flexibility index (Phi) is 13.2. The number of ether oxygens (including phenoxy) is 1. The molecule has 2 amide bonds. The SMILES string of the molecule is CCOC(=O)[C@@H](Nc1ccc(CNC(=O)[C@@H]2SCCN2C(=O)C[C@H](N)Cc2cc(F)c(F)cc2F)nc1)C(C)C.Cl. The Balaban J connectivity index is 0.00000588. The summed E-state index contributed by atoms with van der Waals surface area (Å²) in [5.74, 6) is -4.00. The number of amides is 2. The minimum absolute atomic E-state index is 0. The van der Waals surface area contributed by atoms with E-state index >= 15 is 0 Å². The lowest BCUT2D eigenvalue weighted by atomic mass is 10.0. The average molecular weight is 618 g/mol. The maximum Gasteiger partial charge on any atom is 0.328 e. The molecule has 1 aliphatic heterocycles. The minimum atomic E-state index is -1.30. The Morgan fingerprint density at radius 1 is 1.17 bits per heavy atom. The number of carbonyl (C=O) groups excluding carboxylic acids is 3. The summed E-state index contributed by atoms with van der Waals surface area (Å²) in [6, 6.07) is 3.26. The van der Waals surface area contributed by atoms with Gasteiger partial charge in [-0.2, -0.15) is 0 Å². The molecule has 226 valence electrons. The molecule has 0 spiro atoms. The molecule has 3 atom stereocenters. The molecule has 2 heterocycles. The number of hydrogen-bond donors (Lipinski definition) is 3. The summed E-state index contributed by atoms with van der Waals surface area (Å²) < 4.78 is 45.7. The van der Waals surface area contributed by atoms with Crippen LogP contribution in [0.3, 0.4) is 0 Å². The summed E-state index contributed by atoms with van der Waals surface area (Å²) >= 11 is 1.30. The molecule has 1 saturated heterocycles. The zero-order chi connectivity index (χ0) is 29.4. The van der Waals surface area contributed by atoms with Gasteiger partial charge < -0.3 is 26.0 Å². The second-order valence-electron chi connectivity index (χ2n) is 9.71. The zero-order valence-corrected chi connectivity index (χ0v) is 24.6. The van der Waals surface area contributed by atoms with Gasteiger partial charge in [0, 0.05) is 30.8 Å². The van der Waals surface area contributed by atoms with Crippen LogP contribution in [-0.2, 0) is 32.1 Å². The fourth-order valence-corrected chi connectivity index (χ4v) is 5.31. The lowest BCUT2D eigenvalue weighted by molar-refractivity contribution is -0.145. The van der Waals surface area contributed by atoms with Gasteiger partial charge in [-0.1, -0.05) is 13.8 Å². The summed E-state index contributed by atoms with van der Waals surface area (Å²) in [7, 11) is 0. The van der Waals surface area contributed by atoms with Gasteiger partial charge in [-0.25, -0.2) is 18.0 Å². The van der Waals surface area contributed by atoms with Gasteiger partial charge in [-0.3, -0.25) is 14.6 Å². The van der Waals surface area contributed by atoms with Crippen molar-refractivity contribution < 1.29 is 32.3 Å². The Morgan fingerprint density at radius 3 is 2.51 bits per heavy atom. The number of rotatable bonds is 12. The molecular formula is C27H35ClF3N5O4S. The van der Waals surface area contributed by atoms with E-state index in [2.05, 4.69) is 15.6 Å². The number of halogens is 4. The molecule has 0 unspecified atom stereocenters. The fraction of sp³-hybridized carbons (Fsp3) is 0.481. The maximum atomic E-state index is 14.0. The first kappa shape index (κ1) is 34.2. The highest BCUT2D eigenvalue weighted by Gasteiger charge is 2.35. The summed E-state index contributed by atoms with van der Waals surface area (Å²) in [4.78, 5) is 43.7. The van der Waals surface area contributed by atoms with E-state index in [0.717, 1.165) is 6.07 Å². The molecule has 2 aromatic rings. The van der Waals surface area contributed by atoms with Crippen LogP contribution in [0.1, 0.15) is 38.4 Å². The smallest absolute Gasteiger partial charge is 0.328 e. The van der Waals surface area contributed by atoms with Crippen LogP contribution in [0.15, 0.2) is 30.5 Å². The molecule has 9 nitrogen and oxygen atoms in total. The minimum Gasteiger partial charge on any atom is -0.464 e. The standard InChI is InChI=1S/C27H34F3N5O4S.ClH/c1-4-39-27(38)24(15(2)3)34-19-6-5-18(32-14-19)13-33-25(37)26-35(7-8-40-26)23(36)11-17(31)9-16-10-21(29)22(30)12-20(16)28;/h5-6,10,12,14-15,17,24,26,34H,4,7-9,11,13,31H2,1-3H3,(H,33,37);1H/t17-,24+,26+;/m1./s1. The number of anilines is 1. The van der Waals surface area contributed by atoms with Crippen LogP contribution >= 0.6 is 24.2 Å². The van der Waals surface area contributed by atoms with Crippen molar-refractivity contribution in [1.82, 2.24) is 15.2 Å². The summed E-state index contributed by atoms with van der Waals surface area (Å²) in [5, 5.41) is 5.13. The van der Waals surface area contributed by atoms with Crippen LogP contribution in [0.2, 0.25) is 0 Å².